The van der Waals surface area contributed by atoms with Crippen molar-refractivity contribution in [2.45, 2.75) is 55.5 Å². The summed E-state index contributed by atoms with van der Waals surface area (Å²) in [7, 11) is 0. The Labute approximate surface area is 122 Å². The number of hydrogen-bond donors (Lipinski definition) is 3. The van der Waals surface area contributed by atoms with Crippen molar-refractivity contribution in [1.29, 1.82) is 0 Å². The van der Waals surface area contributed by atoms with Crippen LogP contribution in [-0.4, -0.2) is 63.4 Å². The molecule has 6 nitrogen and oxygen atoms in total. The number of carbonyl (C=O) groups is 2. The molecule has 2 amide bonds. The molecule has 1 heterocycles. The van der Waals surface area contributed by atoms with Gasteiger partial charge in [-0.3, -0.25) is 0 Å². The third kappa shape index (κ3) is 3.58. The zero-order valence-electron chi connectivity index (χ0n) is 11.6. The average Bonchev–Trinajstić information content (AvgIpc) is 2.81. The standard InChI is InChI=1S/C13H22N2O4S/c1-20-10-4-2-3-8(5-10)14-13(19)15-7-9(16)6-11(15)12(17)18/h8-11,16H,2-7H2,1H3,(H,14,19)(H,17,18)/t8?,9-,10?,11+/m1/s1. The van der Waals surface area contributed by atoms with E-state index in [1.165, 1.54) is 11.3 Å². The van der Waals surface area contributed by atoms with Gasteiger partial charge in [0.1, 0.15) is 6.04 Å². The van der Waals surface area contributed by atoms with E-state index in [1.54, 1.807) is 0 Å². The van der Waals surface area contributed by atoms with Gasteiger partial charge in [0, 0.05) is 24.3 Å². The molecule has 3 N–H and O–H groups in total. The minimum absolute atomic E-state index is 0.0987. The van der Waals surface area contributed by atoms with E-state index in [4.69, 9.17) is 5.11 Å². The number of likely N-dealkylation sites (tertiary alicyclic amines) is 1. The van der Waals surface area contributed by atoms with E-state index in [0.717, 1.165) is 19.3 Å². The maximum absolute atomic E-state index is 12.2. The molecule has 0 aromatic heterocycles. The van der Waals surface area contributed by atoms with Gasteiger partial charge in [0.05, 0.1) is 6.10 Å². The monoisotopic (exact) mass is 302 g/mol. The number of amides is 2. The van der Waals surface area contributed by atoms with Gasteiger partial charge >= 0.3 is 12.0 Å². The van der Waals surface area contributed by atoms with Crippen molar-refractivity contribution < 1.29 is 19.8 Å². The van der Waals surface area contributed by atoms with E-state index < -0.39 is 18.1 Å². The maximum Gasteiger partial charge on any atom is 0.326 e. The van der Waals surface area contributed by atoms with Crippen LogP contribution in [0.25, 0.3) is 0 Å². The van der Waals surface area contributed by atoms with Gasteiger partial charge in [0.2, 0.25) is 0 Å². The molecule has 4 atom stereocenters. The molecule has 2 unspecified atom stereocenters. The number of urea groups is 1. The van der Waals surface area contributed by atoms with Crippen molar-refractivity contribution in [2.24, 2.45) is 0 Å². The van der Waals surface area contributed by atoms with Crippen LogP contribution in [0.2, 0.25) is 0 Å². The predicted octanol–water partition coefficient (Wildman–Crippen LogP) is 0.890. The lowest BCUT2D eigenvalue weighted by atomic mass is 9.95. The van der Waals surface area contributed by atoms with Gasteiger partial charge in [-0.25, -0.2) is 9.59 Å². The molecule has 1 aliphatic heterocycles. The van der Waals surface area contributed by atoms with E-state index in [-0.39, 0.29) is 25.0 Å². The molecule has 2 aliphatic rings. The Morgan fingerprint density at radius 2 is 2.05 bits per heavy atom. The number of hydrogen-bond acceptors (Lipinski definition) is 4. The Morgan fingerprint density at radius 1 is 1.30 bits per heavy atom. The first-order valence-corrected chi connectivity index (χ1v) is 8.31. The number of β-amino-alcohol motifs (C(OH)–C–C–N with tert-alkyl or cyclic N) is 1. The molecular weight excluding hydrogens is 280 g/mol. The van der Waals surface area contributed by atoms with Crippen molar-refractivity contribution in [3.63, 3.8) is 0 Å². The molecule has 0 bridgehead atoms. The van der Waals surface area contributed by atoms with Crippen LogP contribution in [-0.2, 0) is 4.79 Å². The lowest BCUT2D eigenvalue weighted by Gasteiger charge is -2.31. The Morgan fingerprint density at radius 3 is 2.70 bits per heavy atom. The summed E-state index contributed by atoms with van der Waals surface area (Å²) in [6.07, 6.45) is 5.58. The summed E-state index contributed by atoms with van der Waals surface area (Å²) in [5.74, 6) is -1.05. The Kier molecular flexibility index (Phi) is 5.15. The maximum atomic E-state index is 12.2. The lowest BCUT2D eigenvalue weighted by molar-refractivity contribution is -0.141. The zero-order chi connectivity index (χ0) is 14.7. The number of aliphatic carboxylic acids is 1. The minimum Gasteiger partial charge on any atom is -0.480 e. The van der Waals surface area contributed by atoms with E-state index in [2.05, 4.69) is 11.6 Å². The third-order valence-corrected chi connectivity index (χ3v) is 5.21. The Bertz CT molecular complexity index is 379. The molecule has 1 saturated heterocycles. The number of aliphatic hydroxyl groups excluding tert-OH is 1. The number of carbonyl (C=O) groups excluding carboxylic acids is 1. The highest BCUT2D eigenvalue weighted by Crippen LogP contribution is 2.27. The van der Waals surface area contributed by atoms with E-state index in [1.807, 2.05) is 11.8 Å². The number of nitrogens with zero attached hydrogens (tertiary/aromatic N) is 1. The van der Waals surface area contributed by atoms with Crippen LogP contribution < -0.4 is 5.32 Å². The largest absolute Gasteiger partial charge is 0.480 e. The summed E-state index contributed by atoms with van der Waals surface area (Å²) in [5.41, 5.74) is 0. The van der Waals surface area contributed by atoms with Crippen molar-refractivity contribution in [3.05, 3.63) is 0 Å². The highest BCUT2D eigenvalue weighted by molar-refractivity contribution is 7.99. The second kappa shape index (κ2) is 6.67. The highest BCUT2D eigenvalue weighted by Gasteiger charge is 2.39. The van der Waals surface area contributed by atoms with E-state index in [9.17, 15) is 14.7 Å². The summed E-state index contributed by atoms with van der Waals surface area (Å²) < 4.78 is 0. The number of nitrogens with one attached hydrogen (secondary N) is 1. The SMILES string of the molecule is CSC1CCCC(NC(=O)N2C[C@H](O)C[C@H]2C(=O)O)C1. The fraction of sp³-hybridized carbons (Fsp3) is 0.846. The third-order valence-electron chi connectivity index (χ3n) is 4.11. The van der Waals surface area contributed by atoms with Gasteiger partial charge in [-0.15, -0.1) is 0 Å². The predicted molar refractivity (Wildman–Crippen MR) is 76.8 cm³/mol. The second-order valence-electron chi connectivity index (χ2n) is 5.57. The highest BCUT2D eigenvalue weighted by atomic mass is 32.2. The van der Waals surface area contributed by atoms with Crippen molar-refractivity contribution in [3.8, 4) is 0 Å². The summed E-state index contributed by atoms with van der Waals surface area (Å²) >= 11 is 1.82. The summed E-state index contributed by atoms with van der Waals surface area (Å²) in [5, 5.41) is 22.2. The molecule has 2 rings (SSSR count). The molecule has 1 aliphatic carbocycles. The quantitative estimate of drug-likeness (QED) is 0.720. The Hall–Kier alpha value is -0.950. The zero-order valence-corrected chi connectivity index (χ0v) is 12.4. The number of carboxylic acid groups (broad SMARTS) is 1. The van der Waals surface area contributed by atoms with Gasteiger partial charge in [0.25, 0.3) is 0 Å². The average molecular weight is 302 g/mol. The van der Waals surface area contributed by atoms with Gasteiger partial charge in [-0.05, 0) is 25.5 Å². The fourth-order valence-corrected chi connectivity index (χ4v) is 3.85. The summed E-state index contributed by atoms with van der Waals surface area (Å²) in [6.45, 7) is 0.0987. The van der Waals surface area contributed by atoms with Crippen molar-refractivity contribution in [1.82, 2.24) is 10.2 Å². The van der Waals surface area contributed by atoms with E-state index in [0.29, 0.717) is 5.25 Å². The number of carboxylic acids is 1. The number of rotatable bonds is 3. The molecule has 1 saturated carbocycles. The van der Waals surface area contributed by atoms with Gasteiger partial charge in [-0.2, -0.15) is 11.8 Å². The number of thioether (sulfide) groups is 1. The topological polar surface area (TPSA) is 89.9 Å². The first-order chi connectivity index (χ1) is 9.51. The minimum atomic E-state index is -1.05. The van der Waals surface area contributed by atoms with E-state index >= 15 is 0 Å². The molecule has 0 aromatic rings. The molecule has 0 radical (unpaired) electrons. The van der Waals surface area contributed by atoms with Gasteiger partial charge in [0.15, 0.2) is 0 Å². The smallest absolute Gasteiger partial charge is 0.326 e. The molecular formula is C13H22N2O4S. The van der Waals surface area contributed by atoms with Crippen LogP contribution in [0.4, 0.5) is 4.79 Å². The molecule has 0 aromatic carbocycles. The molecule has 20 heavy (non-hydrogen) atoms. The van der Waals surface area contributed by atoms with Crippen LogP contribution in [0.3, 0.4) is 0 Å². The van der Waals surface area contributed by atoms with Crippen LogP contribution >= 0.6 is 11.8 Å². The molecule has 114 valence electrons. The molecule has 7 heteroatoms. The Balaban J connectivity index is 1.92. The number of aliphatic hydroxyl groups is 1. The summed E-state index contributed by atoms with van der Waals surface area (Å²) in [4.78, 5) is 24.6. The van der Waals surface area contributed by atoms with Crippen molar-refractivity contribution in [2.75, 3.05) is 12.8 Å². The van der Waals surface area contributed by atoms with Crippen LogP contribution in [0.15, 0.2) is 0 Å². The first kappa shape index (κ1) is 15.4. The van der Waals surface area contributed by atoms with Crippen LogP contribution in [0.1, 0.15) is 32.1 Å². The summed E-state index contributed by atoms with van der Waals surface area (Å²) in [6, 6.07) is -1.16. The molecule has 0 spiro atoms. The lowest BCUT2D eigenvalue weighted by Crippen LogP contribution is -2.50. The fourth-order valence-electron chi connectivity index (χ4n) is 3.02. The van der Waals surface area contributed by atoms with Gasteiger partial charge in [-0.1, -0.05) is 6.42 Å². The second-order valence-corrected chi connectivity index (χ2v) is 6.70. The normalized spacial score (nSPS) is 34.0. The van der Waals surface area contributed by atoms with Crippen LogP contribution in [0, 0.1) is 0 Å². The van der Waals surface area contributed by atoms with Gasteiger partial charge < -0.3 is 20.4 Å². The first-order valence-electron chi connectivity index (χ1n) is 7.02. The molecule has 2 fully saturated rings. The van der Waals surface area contributed by atoms with Crippen molar-refractivity contribution >= 4 is 23.8 Å². The van der Waals surface area contributed by atoms with Crippen LogP contribution in [0.5, 0.6) is 0 Å².